The van der Waals surface area contributed by atoms with E-state index in [4.69, 9.17) is 0 Å². The average Bonchev–Trinajstić information content (AvgIpc) is 3.15. The Morgan fingerprint density at radius 3 is 2.11 bits per heavy atom. The minimum absolute atomic E-state index is 0.0149. The number of amides is 1. The van der Waals surface area contributed by atoms with Gasteiger partial charge in [0.15, 0.2) is 0 Å². The van der Waals surface area contributed by atoms with E-state index in [0.717, 1.165) is 57.7 Å². The number of ketones is 1. The molecule has 2 bridgehead atoms. The molecule has 0 spiro atoms. The summed E-state index contributed by atoms with van der Waals surface area (Å²) in [6, 6.07) is 1.55. The molecule has 1 amide bonds. The van der Waals surface area contributed by atoms with Crippen molar-refractivity contribution in [2.45, 2.75) is 97.2 Å². The number of likely N-dealkylation sites (tertiary alicyclic amines) is 1. The van der Waals surface area contributed by atoms with Gasteiger partial charge in [-0.2, -0.15) is 0 Å². The predicted molar refractivity (Wildman–Crippen MR) is 140 cm³/mol. The van der Waals surface area contributed by atoms with Gasteiger partial charge in [0.2, 0.25) is 5.95 Å². The Balaban J connectivity index is 1.30. The quantitative estimate of drug-likeness (QED) is 0.518. The van der Waals surface area contributed by atoms with Gasteiger partial charge in [-0.15, -0.1) is 0 Å². The van der Waals surface area contributed by atoms with Crippen LogP contribution in [0, 0.1) is 17.8 Å². The standard InChI is InChI=1S/C28H45N5O2/c1-6-19(3)26(34)22-10-8-21(9-11-22)16-31(5)27(35)23-14-29-28(30-15-23)33-24-12-13-25(33)18-32(17-24)20(4)7-2/h14-15,19-22,24-25H,6-13,16-18H2,1-5H3. The van der Waals surface area contributed by atoms with Crippen LogP contribution in [0.5, 0.6) is 0 Å². The summed E-state index contributed by atoms with van der Waals surface area (Å²) in [6.07, 6.45) is 11.9. The minimum Gasteiger partial charge on any atom is -0.341 e. The number of rotatable bonds is 9. The monoisotopic (exact) mass is 483 g/mol. The van der Waals surface area contributed by atoms with Gasteiger partial charge in [0.25, 0.3) is 5.91 Å². The van der Waals surface area contributed by atoms with Gasteiger partial charge in [0, 0.05) is 69.0 Å². The fourth-order valence-corrected chi connectivity index (χ4v) is 6.37. The van der Waals surface area contributed by atoms with Crippen LogP contribution < -0.4 is 4.90 Å². The Bertz CT molecular complexity index is 853. The van der Waals surface area contributed by atoms with Crippen LogP contribution in [0.1, 0.15) is 89.4 Å². The van der Waals surface area contributed by atoms with Gasteiger partial charge in [-0.1, -0.05) is 20.8 Å². The van der Waals surface area contributed by atoms with Gasteiger partial charge >= 0.3 is 0 Å². The highest BCUT2D eigenvalue weighted by Gasteiger charge is 2.42. The largest absolute Gasteiger partial charge is 0.341 e. The van der Waals surface area contributed by atoms with E-state index in [1.54, 1.807) is 12.4 Å². The molecule has 7 nitrogen and oxygen atoms in total. The SMILES string of the molecule is CCC(C)C(=O)C1CCC(CN(C)C(=O)c2cnc(N3C4CCC3CN(C(C)CC)C4)nc2)CC1. The number of nitrogens with zero attached hydrogens (tertiary/aromatic N) is 5. The summed E-state index contributed by atoms with van der Waals surface area (Å²) in [7, 11) is 1.88. The lowest BCUT2D eigenvalue weighted by atomic mass is 9.77. The molecule has 1 aromatic heterocycles. The summed E-state index contributed by atoms with van der Waals surface area (Å²) >= 11 is 0. The number of carbonyl (C=O) groups is 2. The van der Waals surface area contributed by atoms with E-state index < -0.39 is 0 Å². The van der Waals surface area contributed by atoms with E-state index >= 15 is 0 Å². The topological polar surface area (TPSA) is 69.6 Å². The van der Waals surface area contributed by atoms with Crippen LogP contribution in [-0.4, -0.2) is 76.3 Å². The molecular weight excluding hydrogens is 438 g/mol. The number of piperazine rings is 1. The third-order valence-corrected chi connectivity index (χ3v) is 9.07. The maximum absolute atomic E-state index is 13.1. The maximum Gasteiger partial charge on any atom is 0.256 e. The number of Topliss-reactive ketones (excluding diaryl/α,β-unsaturated/α-hetero) is 1. The molecule has 3 fully saturated rings. The Kier molecular flexibility index (Phi) is 8.46. The summed E-state index contributed by atoms with van der Waals surface area (Å²) in [5.41, 5.74) is 0.558. The fourth-order valence-electron chi connectivity index (χ4n) is 6.37. The molecule has 1 aromatic rings. The number of hydrogen-bond donors (Lipinski definition) is 0. The molecule has 35 heavy (non-hydrogen) atoms. The van der Waals surface area contributed by atoms with Crippen LogP contribution in [0.25, 0.3) is 0 Å². The van der Waals surface area contributed by atoms with E-state index in [1.165, 1.54) is 19.3 Å². The molecule has 194 valence electrons. The van der Waals surface area contributed by atoms with E-state index in [2.05, 4.69) is 40.5 Å². The van der Waals surface area contributed by atoms with E-state index in [9.17, 15) is 9.59 Å². The third-order valence-electron chi connectivity index (χ3n) is 9.07. The second-order valence-corrected chi connectivity index (χ2v) is 11.4. The molecule has 1 aliphatic carbocycles. The second kappa shape index (κ2) is 11.4. The second-order valence-electron chi connectivity index (χ2n) is 11.4. The Labute approximate surface area is 211 Å². The molecule has 3 heterocycles. The maximum atomic E-state index is 13.1. The average molecular weight is 484 g/mol. The van der Waals surface area contributed by atoms with Crippen molar-refractivity contribution in [1.82, 2.24) is 19.8 Å². The zero-order chi connectivity index (χ0) is 25.1. The van der Waals surface area contributed by atoms with Crippen LogP contribution in [-0.2, 0) is 4.79 Å². The number of anilines is 1. The molecule has 2 saturated heterocycles. The first-order valence-corrected chi connectivity index (χ1v) is 14.0. The van der Waals surface area contributed by atoms with Gasteiger partial charge in [0.05, 0.1) is 5.56 Å². The lowest BCUT2D eigenvalue weighted by Gasteiger charge is -2.43. The highest BCUT2D eigenvalue weighted by atomic mass is 16.2. The van der Waals surface area contributed by atoms with Crippen molar-refractivity contribution in [3.63, 3.8) is 0 Å². The van der Waals surface area contributed by atoms with Gasteiger partial charge in [0.1, 0.15) is 5.78 Å². The van der Waals surface area contributed by atoms with Gasteiger partial charge in [-0.3, -0.25) is 14.5 Å². The fraction of sp³-hybridized carbons (Fsp3) is 0.786. The summed E-state index contributed by atoms with van der Waals surface area (Å²) in [6.45, 7) is 11.6. The molecule has 4 unspecified atom stereocenters. The Hall–Kier alpha value is -2.02. The molecule has 0 aromatic carbocycles. The summed E-state index contributed by atoms with van der Waals surface area (Å²) in [5.74, 6) is 2.03. The van der Waals surface area contributed by atoms with Crippen LogP contribution in [0.2, 0.25) is 0 Å². The first-order chi connectivity index (χ1) is 16.8. The van der Waals surface area contributed by atoms with Gasteiger partial charge in [-0.05, 0) is 64.2 Å². The minimum atomic E-state index is -0.0149. The first kappa shape index (κ1) is 26.1. The summed E-state index contributed by atoms with van der Waals surface area (Å²) in [4.78, 5) is 41.7. The van der Waals surface area contributed by atoms with Crippen molar-refractivity contribution in [3.8, 4) is 0 Å². The van der Waals surface area contributed by atoms with Crippen molar-refractivity contribution < 1.29 is 9.59 Å². The normalized spacial score (nSPS) is 28.5. The Morgan fingerprint density at radius 1 is 0.971 bits per heavy atom. The van der Waals surface area contributed by atoms with Gasteiger partial charge < -0.3 is 9.80 Å². The molecule has 0 N–H and O–H groups in total. The summed E-state index contributed by atoms with van der Waals surface area (Å²) in [5, 5.41) is 0. The third kappa shape index (κ3) is 5.71. The molecule has 7 heteroatoms. The van der Waals surface area contributed by atoms with Crippen molar-refractivity contribution in [2.24, 2.45) is 17.8 Å². The molecule has 1 saturated carbocycles. The number of fused-ring (bicyclic) bond motifs is 2. The lowest BCUT2D eigenvalue weighted by molar-refractivity contribution is -0.127. The highest BCUT2D eigenvalue weighted by molar-refractivity contribution is 5.93. The first-order valence-electron chi connectivity index (χ1n) is 14.0. The van der Waals surface area contributed by atoms with E-state index in [1.807, 2.05) is 18.9 Å². The summed E-state index contributed by atoms with van der Waals surface area (Å²) < 4.78 is 0. The molecule has 4 atom stereocenters. The number of carbonyl (C=O) groups excluding carboxylic acids is 2. The van der Waals surface area contributed by atoms with Crippen LogP contribution in [0.15, 0.2) is 12.4 Å². The smallest absolute Gasteiger partial charge is 0.256 e. The Morgan fingerprint density at radius 2 is 1.57 bits per heavy atom. The molecule has 3 aliphatic rings. The van der Waals surface area contributed by atoms with Crippen molar-refractivity contribution in [1.29, 1.82) is 0 Å². The van der Waals surface area contributed by atoms with Crippen LogP contribution in [0.3, 0.4) is 0 Å². The van der Waals surface area contributed by atoms with Crippen LogP contribution >= 0.6 is 0 Å². The molecule has 2 aliphatic heterocycles. The number of hydrogen-bond acceptors (Lipinski definition) is 6. The molecule has 0 radical (unpaired) electrons. The zero-order valence-electron chi connectivity index (χ0n) is 22.4. The van der Waals surface area contributed by atoms with E-state index in [-0.39, 0.29) is 17.7 Å². The van der Waals surface area contributed by atoms with Crippen molar-refractivity contribution in [2.75, 3.05) is 31.6 Å². The van der Waals surface area contributed by atoms with E-state index in [0.29, 0.717) is 35.4 Å². The van der Waals surface area contributed by atoms with Crippen LogP contribution in [0.4, 0.5) is 5.95 Å². The molecular formula is C28H45N5O2. The van der Waals surface area contributed by atoms with Gasteiger partial charge in [-0.25, -0.2) is 9.97 Å². The van der Waals surface area contributed by atoms with Crippen molar-refractivity contribution in [3.05, 3.63) is 18.0 Å². The van der Waals surface area contributed by atoms with Crippen molar-refractivity contribution >= 4 is 17.6 Å². The predicted octanol–water partition coefficient (Wildman–Crippen LogP) is 4.42. The number of aromatic nitrogens is 2. The molecule has 4 rings (SSSR count). The highest BCUT2D eigenvalue weighted by Crippen LogP contribution is 2.34. The lowest BCUT2D eigenvalue weighted by Crippen LogP contribution is -2.56. The zero-order valence-corrected chi connectivity index (χ0v) is 22.4.